The van der Waals surface area contributed by atoms with Crippen molar-refractivity contribution in [3.8, 4) is 17.1 Å². The van der Waals surface area contributed by atoms with Gasteiger partial charge in [0.1, 0.15) is 6.61 Å². The molecule has 1 saturated carbocycles. The Labute approximate surface area is 272 Å². The van der Waals surface area contributed by atoms with Crippen molar-refractivity contribution in [3.05, 3.63) is 65.2 Å². The number of anilines is 1. The van der Waals surface area contributed by atoms with Crippen molar-refractivity contribution in [1.82, 2.24) is 19.8 Å². The first-order valence-electron chi connectivity index (χ1n) is 16.3. The van der Waals surface area contributed by atoms with Gasteiger partial charge in [-0.25, -0.2) is 18.1 Å². The second-order valence-corrected chi connectivity index (χ2v) is 15.3. The number of sulfonamides is 1. The lowest BCUT2D eigenvalue weighted by atomic mass is 9.82. The molecule has 2 fully saturated rings. The maximum Gasteiger partial charge on any atom is 0.264 e. The van der Waals surface area contributed by atoms with Crippen molar-refractivity contribution >= 4 is 21.9 Å². The number of nitrogens with one attached hydrogen (secondary N) is 1. The van der Waals surface area contributed by atoms with E-state index in [0.717, 1.165) is 49.0 Å². The van der Waals surface area contributed by atoms with Crippen molar-refractivity contribution in [2.45, 2.75) is 96.0 Å². The molecule has 1 aromatic heterocycles. The summed E-state index contributed by atoms with van der Waals surface area (Å²) in [6, 6.07) is 14.1. The van der Waals surface area contributed by atoms with E-state index >= 15 is 0 Å². The molecule has 6 rings (SSSR count). The molecule has 0 radical (unpaired) electrons. The number of fused-ring (bicyclic) bond motifs is 4. The first kappa shape index (κ1) is 32.4. The minimum absolute atomic E-state index is 0.00652. The van der Waals surface area contributed by atoms with E-state index in [1.165, 1.54) is 12.1 Å². The Kier molecular flexibility index (Phi) is 9.11. The van der Waals surface area contributed by atoms with E-state index in [1.807, 2.05) is 36.9 Å². The van der Waals surface area contributed by atoms with Gasteiger partial charge in [-0.2, -0.15) is 4.98 Å². The molecule has 3 aliphatic rings. The Morgan fingerprint density at radius 3 is 2.30 bits per heavy atom. The first-order valence-corrected chi connectivity index (χ1v) is 17.8. The molecule has 1 N–H and O–H groups in total. The van der Waals surface area contributed by atoms with Crippen LogP contribution >= 0.6 is 0 Å². The van der Waals surface area contributed by atoms with Crippen molar-refractivity contribution in [2.24, 2.45) is 5.92 Å². The number of rotatable bonds is 5. The van der Waals surface area contributed by atoms with E-state index in [1.54, 1.807) is 18.2 Å². The Hall–Kier alpha value is -3.54. The standard InChI is InChI=1S/C35H45N5O5S/c1-21(2)13-29-20-44-32-17-31(33-22(3)9-7-10-23(33)4)36-35(37-32)38-46(42,43)30-12-8-11-26(14-30)34(41)40(29)28-15-27(16-28)39-18-24(5)45-25(6)19-39/h7-12,14,17,21,24-25,27-29H,13,15-16,18-20H2,1-6H3,(H,36,37,38)/t24-,25+,27-,28+,29-/m1/s1. The third-order valence-corrected chi connectivity index (χ3v) is 10.6. The fourth-order valence-electron chi connectivity index (χ4n) is 7.23. The summed E-state index contributed by atoms with van der Waals surface area (Å²) in [5.41, 5.74) is 3.79. The van der Waals surface area contributed by atoms with Gasteiger partial charge in [-0.1, -0.05) is 38.1 Å². The summed E-state index contributed by atoms with van der Waals surface area (Å²) < 4.78 is 42.2. The zero-order valence-electron chi connectivity index (χ0n) is 27.6. The largest absolute Gasteiger partial charge is 0.475 e. The van der Waals surface area contributed by atoms with Gasteiger partial charge in [-0.3, -0.25) is 9.69 Å². The summed E-state index contributed by atoms with van der Waals surface area (Å²) in [5, 5.41) is 0. The van der Waals surface area contributed by atoms with Crippen LogP contribution in [-0.4, -0.2) is 84.1 Å². The number of ether oxygens (including phenoxy) is 2. The van der Waals surface area contributed by atoms with Gasteiger partial charge in [0.15, 0.2) is 0 Å². The summed E-state index contributed by atoms with van der Waals surface area (Å²) in [7, 11) is -4.12. The number of morpholine rings is 1. The number of hydrogen-bond donors (Lipinski definition) is 1. The number of carbonyl (C=O) groups excluding carboxylic acids is 1. The second kappa shape index (κ2) is 12.9. The van der Waals surface area contributed by atoms with Crippen LogP contribution < -0.4 is 9.46 Å². The Balaban J connectivity index is 1.40. The Morgan fingerprint density at radius 2 is 1.63 bits per heavy atom. The van der Waals surface area contributed by atoms with Crippen LogP contribution in [0.5, 0.6) is 5.88 Å². The third-order valence-electron chi connectivity index (χ3n) is 9.30. The summed E-state index contributed by atoms with van der Waals surface area (Å²) >= 11 is 0. The number of hydrogen-bond acceptors (Lipinski definition) is 8. The molecule has 1 amide bonds. The highest BCUT2D eigenvalue weighted by molar-refractivity contribution is 7.92. The molecule has 1 aliphatic carbocycles. The van der Waals surface area contributed by atoms with Crippen LogP contribution in [0.25, 0.3) is 11.3 Å². The minimum atomic E-state index is -4.12. The molecule has 0 unspecified atom stereocenters. The zero-order valence-corrected chi connectivity index (χ0v) is 28.4. The molecular weight excluding hydrogens is 602 g/mol. The van der Waals surface area contributed by atoms with E-state index in [9.17, 15) is 13.2 Å². The third kappa shape index (κ3) is 6.77. The quantitative estimate of drug-likeness (QED) is 0.389. The van der Waals surface area contributed by atoms with Gasteiger partial charge in [0.2, 0.25) is 11.8 Å². The van der Waals surface area contributed by atoms with E-state index in [-0.39, 0.29) is 59.4 Å². The smallest absolute Gasteiger partial charge is 0.264 e. The van der Waals surface area contributed by atoms with Crippen LogP contribution in [-0.2, 0) is 14.8 Å². The fourth-order valence-corrected chi connectivity index (χ4v) is 8.22. The highest BCUT2D eigenvalue weighted by Crippen LogP contribution is 2.36. The van der Waals surface area contributed by atoms with Crippen LogP contribution in [0.1, 0.15) is 68.4 Å². The lowest BCUT2D eigenvalue weighted by Crippen LogP contribution is -2.62. The summed E-state index contributed by atoms with van der Waals surface area (Å²) in [4.78, 5) is 28.0. The number of benzene rings is 2. The highest BCUT2D eigenvalue weighted by atomic mass is 32.2. The van der Waals surface area contributed by atoms with Gasteiger partial charge in [0.05, 0.1) is 28.8 Å². The van der Waals surface area contributed by atoms with Gasteiger partial charge in [-0.15, -0.1) is 0 Å². The number of nitrogens with zero attached hydrogens (tertiary/aromatic N) is 4. The van der Waals surface area contributed by atoms with E-state index in [2.05, 4.69) is 47.3 Å². The number of aromatic nitrogens is 2. The fraction of sp³-hybridized carbons (Fsp3) is 0.514. The topological polar surface area (TPSA) is 114 Å². The molecule has 4 bridgehead atoms. The molecule has 246 valence electrons. The Bertz CT molecular complexity index is 1680. The average molecular weight is 648 g/mol. The van der Waals surface area contributed by atoms with Gasteiger partial charge < -0.3 is 14.4 Å². The predicted molar refractivity (Wildman–Crippen MR) is 177 cm³/mol. The summed E-state index contributed by atoms with van der Waals surface area (Å²) in [6.07, 6.45) is 2.74. The van der Waals surface area contributed by atoms with Gasteiger partial charge >= 0.3 is 0 Å². The van der Waals surface area contributed by atoms with Gasteiger partial charge in [-0.05, 0) is 82.2 Å². The lowest BCUT2D eigenvalue weighted by Gasteiger charge is -2.52. The number of amides is 1. The van der Waals surface area contributed by atoms with Gasteiger partial charge in [0.25, 0.3) is 15.9 Å². The molecule has 2 aliphatic heterocycles. The van der Waals surface area contributed by atoms with E-state index in [4.69, 9.17) is 9.47 Å². The van der Waals surface area contributed by atoms with Crippen molar-refractivity contribution in [3.63, 3.8) is 0 Å². The zero-order chi connectivity index (χ0) is 32.7. The average Bonchev–Trinajstić information content (AvgIpc) is 2.95. The number of aryl methyl sites for hydroxylation is 2. The molecule has 3 atom stereocenters. The van der Waals surface area contributed by atoms with Crippen LogP contribution in [0.4, 0.5) is 5.95 Å². The van der Waals surface area contributed by atoms with Crippen molar-refractivity contribution < 1.29 is 22.7 Å². The van der Waals surface area contributed by atoms with Crippen molar-refractivity contribution in [2.75, 3.05) is 24.4 Å². The molecular formula is C35H45N5O5S. The molecule has 11 heteroatoms. The summed E-state index contributed by atoms with van der Waals surface area (Å²) in [6.45, 7) is 14.5. The maximum atomic E-state index is 14.4. The van der Waals surface area contributed by atoms with Gasteiger partial charge in [0, 0.05) is 42.4 Å². The molecule has 46 heavy (non-hydrogen) atoms. The van der Waals surface area contributed by atoms with Crippen LogP contribution in [0.15, 0.2) is 53.4 Å². The van der Waals surface area contributed by atoms with Crippen LogP contribution in [0.3, 0.4) is 0 Å². The molecule has 2 aromatic carbocycles. The molecule has 1 saturated heterocycles. The van der Waals surface area contributed by atoms with E-state index in [0.29, 0.717) is 17.3 Å². The molecule has 10 nitrogen and oxygen atoms in total. The monoisotopic (exact) mass is 647 g/mol. The minimum Gasteiger partial charge on any atom is -0.475 e. The van der Waals surface area contributed by atoms with Crippen molar-refractivity contribution in [1.29, 1.82) is 0 Å². The predicted octanol–water partition coefficient (Wildman–Crippen LogP) is 5.45. The molecule has 3 aromatic rings. The normalized spacial score (nSPS) is 26.6. The lowest BCUT2D eigenvalue weighted by molar-refractivity contribution is -0.101. The first-order chi connectivity index (χ1) is 21.9. The number of carbonyl (C=O) groups is 1. The Morgan fingerprint density at radius 1 is 0.957 bits per heavy atom. The van der Waals surface area contributed by atoms with E-state index < -0.39 is 10.0 Å². The van der Waals surface area contributed by atoms with Crippen LogP contribution in [0.2, 0.25) is 0 Å². The SMILES string of the molecule is Cc1cccc(C)c1-c1cc2nc(n1)NS(=O)(=O)c1cccc(c1)C(=O)N([C@H]1C[C@@H](N3C[C@@H](C)O[C@@H](C)C3)C1)[C@H](CC(C)C)CO2. The second-order valence-electron chi connectivity index (χ2n) is 13.6. The maximum absolute atomic E-state index is 14.4. The summed E-state index contributed by atoms with van der Waals surface area (Å²) in [5.74, 6) is 0.266. The molecule has 3 heterocycles. The highest BCUT2D eigenvalue weighted by Gasteiger charge is 2.44. The molecule has 0 spiro atoms. The van der Waals surface area contributed by atoms with Crippen LogP contribution in [0, 0.1) is 19.8 Å².